The van der Waals surface area contributed by atoms with Gasteiger partial charge in [-0.25, -0.2) is 4.79 Å². The molecule has 0 spiro atoms. The van der Waals surface area contributed by atoms with Crippen LogP contribution in [0, 0.1) is 0 Å². The Morgan fingerprint density at radius 2 is 2.29 bits per heavy atom. The van der Waals surface area contributed by atoms with E-state index >= 15 is 0 Å². The third-order valence-electron chi connectivity index (χ3n) is 3.07. The number of nitrogens with two attached hydrogens (primary N) is 1. The first kappa shape index (κ1) is 15.8. The third-order valence-corrected chi connectivity index (χ3v) is 3.19. The van der Waals surface area contributed by atoms with Crippen LogP contribution < -0.4 is 11.4 Å². The fourth-order valence-corrected chi connectivity index (χ4v) is 2.12. The number of anilines is 1. The highest BCUT2D eigenvalue weighted by molar-refractivity contribution is 6.27. The first-order valence-electron chi connectivity index (χ1n) is 5.80. The molecular formula is C11H12ClF2N3O4. The minimum Gasteiger partial charge on any atom is -0.394 e. The van der Waals surface area contributed by atoms with Crippen molar-refractivity contribution in [2.24, 2.45) is 0 Å². The predicted molar refractivity (Wildman–Crippen MR) is 69.7 cm³/mol. The highest BCUT2D eigenvalue weighted by atomic mass is 35.5. The molecule has 1 aromatic heterocycles. The van der Waals surface area contributed by atoms with Crippen LogP contribution in [-0.4, -0.2) is 44.5 Å². The molecule has 0 amide bonds. The van der Waals surface area contributed by atoms with E-state index in [0.717, 1.165) is 11.7 Å². The van der Waals surface area contributed by atoms with Gasteiger partial charge in [0, 0.05) is 17.3 Å². The molecule has 21 heavy (non-hydrogen) atoms. The molecule has 2 heterocycles. The molecule has 2 rings (SSSR count). The standard InChI is InChI=1S/C11H12ClF2N3O4/c12-2-1-5-3-17(10(20)16-8(5)15)9-11(13,14)7(19)6(4-18)21-9/h1-3,6-7,9,18-19H,4H2,(H2,15,16,20). The molecule has 0 radical (unpaired) electrons. The molecule has 0 bridgehead atoms. The molecule has 0 aliphatic carbocycles. The first-order valence-corrected chi connectivity index (χ1v) is 6.24. The Hall–Kier alpha value is -1.55. The van der Waals surface area contributed by atoms with Crippen molar-refractivity contribution in [1.29, 1.82) is 0 Å². The first-order chi connectivity index (χ1) is 9.82. The quantitative estimate of drug-likeness (QED) is 0.717. The van der Waals surface area contributed by atoms with E-state index in [1.54, 1.807) is 0 Å². The number of rotatable bonds is 3. The van der Waals surface area contributed by atoms with Gasteiger partial charge >= 0.3 is 11.6 Å². The number of ether oxygens (including phenoxy) is 1. The number of aliphatic hydroxyl groups is 2. The van der Waals surface area contributed by atoms with E-state index in [1.807, 2.05) is 0 Å². The van der Waals surface area contributed by atoms with E-state index in [2.05, 4.69) is 4.98 Å². The Bertz CT molecular complexity index is 622. The van der Waals surface area contributed by atoms with E-state index in [1.165, 1.54) is 6.08 Å². The largest absolute Gasteiger partial charge is 0.394 e. The Labute approximate surface area is 122 Å². The molecule has 1 saturated heterocycles. The van der Waals surface area contributed by atoms with Crippen LogP contribution in [0.2, 0.25) is 0 Å². The van der Waals surface area contributed by atoms with Crippen molar-refractivity contribution in [3.05, 3.63) is 27.8 Å². The van der Waals surface area contributed by atoms with Crippen LogP contribution in [0.3, 0.4) is 0 Å². The third kappa shape index (κ3) is 2.64. The highest BCUT2D eigenvalue weighted by Gasteiger charge is 2.59. The number of aliphatic hydroxyl groups excluding tert-OH is 2. The van der Waals surface area contributed by atoms with E-state index in [9.17, 15) is 18.7 Å². The summed E-state index contributed by atoms with van der Waals surface area (Å²) in [4.78, 5) is 15.1. The molecule has 0 saturated carbocycles. The fraction of sp³-hybridized carbons (Fsp3) is 0.455. The molecule has 10 heteroatoms. The molecule has 1 fully saturated rings. The summed E-state index contributed by atoms with van der Waals surface area (Å²) in [5, 5.41) is 18.4. The molecule has 7 nitrogen and oxygen atoms in total. The van der Waals surface area contributed by atoms with Crippen LogP contribution in [0.1, 0.15) is 11.8 Å². The summed E-state index contributed by atoms with van der Waals surface area (Å²) >= 11 is 5.38. The van der Waals surface area contributed by atoms with Gasteiger partial charge in [-0.15, -0.1) is 0 Å². The summed E-state index contributed by atoms with van der Waals surface area (Å²) in [5.41, 5.74) is 5.60. The van der Waals surface area contributed by atoms with Crippen molar-refractivity contribution >= 4 is 23.5 Å². The van der Waals surface area contributed by atoms with Gasteiger partial charge in [0.15, 0.2) is 6.10 Å². The van der Waals surface area contributed by atoms with E-state index < -0.39 is 36.7 Å². The summed E-state index contributed by atoms with van der Waals surface area (Å²) in [5.74, 6) is -3.97. The maximum absolute atomic E-state index is 14.0. The topological polar surface area (TPSA) is 111 Å². The molecule has 1 aliphatic rings. The van der Waals surface area contributed by atoms with Crippen LogP contribution in [0.5, 0.6) is 0 Å². The molecular weight excluding hydrogens is 312 g/mol. The van der Waals surface area contributed by atoms with E-state index in [-0.39, 0.29) is 11.4 Å². The van der Waals surface area contributed by atoms with Gasteiger partial charge in [0.25, 0.3) is 0 Å². The van der Waals surface area contributed by atoms with Crippen molar-refractivity contribution < 1.29 is 23.7 Å². The number of hydrogen-bond acceptors (Lipinski definition) is 6. The van der Waals surface area contributed by atoms with Crippen molar-refractivity contribution in [3.8, 4) is 0 Å². The zero-order valence-electron chi connectivity index (χ0n) is 10.5. The van der Waals surface area contributed by atoms with Gasteiger partial charge in [-0.05, 0) is 6.08 Å². The predicted octanol–water partition coefficient (Wildman–Crippen LogP) is -0.0791. The summed E-state index contributed by atoms with van der Waals surface area (Å²) < 4.78 is 33.3. The van der Waals surface area contributed by atoms with Crippen LogP contribution in [0.25, 0.3) is 6.08 Å². The van der Waals surface area contributed by atoms with Crippen LogP contribution in [-0.2, 0) is 4.74 Å². The Morgan fingerprint density at radius 1 is 1.62 bits per heavy atom. The van der Waals surface area contributed by atoms with Gasteiger partial charge in [-0.1, -0.05) is 11.6 Å². The minimum absolute atomic E-state index is 0.130. The minimum atomic E-state index is -3.78. The maximum atomic E-state index is 14.0. The van der Waals surface area contributed by atoms with Crippen molar-refractivity contribution in [2.45, 2.75) is 24.4 Å². The van der Waals surface area contributed by atoms with E-state index in [0.29, 0.717) is 4.57 Å². The monoisotopic (exact) mass is 323 g/mol. The summed E-state index contributed by atoms with van der Waals surface area (Å²) in [6, 6.07) is 0. The smallest absolute Gasteiger partial charge is 0.351 e. The lowest BCUT2D eigenvalue weighted by atomic mass is 10.1. The molecule has 3 unspecified atom stereocenters. The van der Waals surface area contributed by atoms with Crippen molar-refractivity contribution in [3.63, 3.8) is 0 Å². The van der Waals surface area contributed by atoms with Crippen LogP contribution in [0.4, 0.5) is 14.6 Å². The Morgan fingerprint density at radius 3 is 2.81 bits per heavy atom. The van der Waals surface area contributed by atoms with Crippen LogP contribution in [0.15, 0.2) is 16.5 Å². The molecule has 4 N–H and O–H groups in total. The Balaban J connectivity index is 2.51. The zero-order chi connectivity index (χ0) is 15.8. The molecule has 1 aromatic rings. The fourth-order valence-electron chi connectivity index (χ4n) is 1.98. The number of nitrogen functional groups attached to an aromatic ring is 1. The van der Waals surface area contributed by atoms with Gasteiger partial charge in [-0.3, -0.25) is 4.57 Å². The van der Waals surface area contributed by atoms with Gasteiger partial charge in [0.1, 0.15) is 11.9 Å². The molecule has 1 aliphatic heterocycles. The number of aromatic nitrogens is 2. The highest BCUT2D eigenvalue weighted by Crippen LogP contribution is 2.42. The number of halogens is 3. The lowest BCUT2D eigenvalue weighted by molar-refractivity contribution is -0.141. The van der Waals surface area contributed by atoms with Crippen molar-refractivity contribution in [2.75, 3.05) is 12.3 Å². The molecule has 116 valence electrons. The van der Waals surface area contributed by atoms with Crippen LogP contribution >= 0.6 is 11.6 Å². The lowest BCUT2D eigenvalue weighted by Crippen LogP contribution is -2.42. The average molecular weight is 324 g/mol. The molecule has 0 aromatic carbocycles. The second-order valence-electron chi connectivity index (χ2n) is 4.39. The lowest BCUT2D eigenvalue weighted by Gasteiger charge is -2.21. The zero-order valence-corrected chi connectivity index (χ0v) is 11.2. The van der Waals surface area contributed by atoms with Gasteiger partial charge in [0.05, 0.1) is 6.61 Å². The summed E-state index contributed by atoms with van der Waals surface area (Å²) in [7, 11) is 0. The number of nitrogens with zero attached hydrogens (tertiary/aromatic N) is 2. The maximum Gasteiger partial charge on any atom is 0.351 e. The van der Waals surface area contributed by atoms with Crippen molar-refractivity contribution in [1.82, 2.24) is 9.55 Å². The van der Waals surface area contributed by atoms with Gasteiger partial charge < -0.3 is 20.7 Å². The normalized spacial score (nSPS) is 28.3. The van der Waals surface area contributed by atoms with Gasteiger partial charge in [0.2, 0.25) is 6.23 Å². The number of alkyl halides is 2. The summed E-state index contributed by atoms with van der Waals surface area (Å²) in [6.07, 6.45) is -3.61. The number of hydrogen-bond donors (Lipinski definition) is 3. The van der Waals surface area contributed by atoms with E-state index in [4.69, 9.17) is 27.2 Å². The Kier molecular flexibility index (Phi) is 4.28. The SMILES string of the molecule is Nc1nc(=O)n(C2OC(CO)C(O)C2(F)F)cc1C=CCl. The second-order valence-corrected chi connectivity index (χ2v) is 4.64. The average Bonchev–Trinajstić information content (AvgIpc) is 2.65. The second kappa shape index (κ2) is 5.68. The molecule has 3 atom stereocenters. The van der Waals surface area contributed by atoms with Gasteiger partial charge in [-0.2, -0.15) is 13.8 Å². The summed E-state index contributed by atoms with van der Waals surface area (Å²) in [6.45, 7) is -0.821.